The van der Waals surface area contributed by atoms with Gasteiger partial charge in [-0.2, -0.15) is 0 Å². The van der Waals surface area contributed by atoms with Crippen LogP contribution in [-0.4, -0.2) is 5.78 Å². The number of hydrogen-bond acceptors (Lipinski definition) is 1. The van der Waals surface area contributed by atoms with Crippen LogP contribution in [0.15, 0.2) is 243 Å². The highest BCUT2D eigenvalue weighted by Gasteiger charge is 2.51. The zero-order valence-electron chi connectivity index (χ0n) is 34.5. The van der Waals surface area contributed by atoms with Gasteiger partial charge in [0.15, 0.2) is 5.78 Å². The van der Waals surface area contributed by atoms with Crippen molar-refractivity contribution >= 4 is 5.78 Å². The van der Waals surface area contributed by atoms with Crippen LogP contribution >= 0.6 is 0 Å². The monoisotopic (exact) mass is 800 g/mol. The van der Waals surface area contributed by atoms with Crippen molar-refractivity contribution in [3.8, 4) is 77.9 Å². The molecule has 0 atom stereocenters. The molecular weight excluding hydrogens is 761 g/mol. The number of rotatable bonds is 6. The SMILES string of the molecule is O=C1c2cc(-c3cc(-c4ccccc4)cc(-c4ccccc4)c3)ccc2C2(c3cc(-c4cc(-c5ccccc5)cc(-c5ccccc5)c4)ccc31)c1ccccc1-c1ccccc12. The zero-order chi connectivity index (χ0) is 41.9. The van der Waals surface area contributed by atoms with Crippen LogP contribution in [0.1, 0.15) is 38.2 Å². The maximum Gasteiger partial charge on any atom is 0.193 e. The van der Waals surface area contributed by atoms with Gasteiger partial charge in [-0.25, -0.2) is 0 Å². The number of benzene rings is 10. The van der Waals surface area contributed by atoms with Crippen LogP contribution in [0.5, 0.6) is 0 Å². The van der Waals surface area contributed by atoms with Gasteiger partial charge in [-0.3, -0.25) is 4.79 Å². The predicted molar refractivity (Wildman–Crippen MR) is 260 cm³/mol. The van der Waals surface area contributed by atoms with Gasteiger partial charge >= 0.3 is 0 Å². The van der Waals surface area contributed by atoms with Crippen molar-refractivity contribution in [2.75, 3.05) is 0 Å². The molecule has 10 aromatic rings. The summed E-state index contributed by atoms with van der Waals surface area (Å²) in [4.78, 5) is 15.4. The van der Waals surface area contributed by atoms with E-state index in [0.29, 0.717) is 0 Å². The first-order valence-electron chi connectivity index (χ1n) is 21.7. The van der Waals surface area contributed by atoms with Crippen LogP contribution in [0.2, 0.25) is 0 Å². The largest absolute Gasteiger partial charge is 0.289 e. The summed E-state index contributed by atoms with van der Waals surface area (Å²) in [7, 11) is 0. The minimum atomic E-state index is -0.722. The molecule has 0 aliphatic heterocycles. The molecule has 0 fully saturated rings. The third-order valence-corrected chi connectivity index (χ3v) is 13.2. The van der Waals surface area contributed by atoms with E-state index in [1.807, 2.05) is 0 Å². The van der Waals surface area contributed by atoms with Crippen molar-refractivity contribution < 1.29 is 4.79 Å². The second-order valence-corrected chi connectivity index (χ2v) is 16.8. The van der Waals surface area contributed by atoms with Gasteiger partial charge in [-0.05, 0) is 149 Å². The predicted octanol–water partition coefficient (Wildman–Crippen LogP) is 15.6. The molecule has 0 unspecified atom stereocenters. The summed E-state index contributed by atoms with van der Waals surface area (Å²) >= 11 is 0. The van der Waals surface area contributed by atoms with Gasteiger partial charge in [0, 0.05) is 11.1 Å². The molecule has 2 aliphatic rings. The summed E-state index contributed by atoms with van der Waals surface area (Å²) in [6.07, 6.45) is 0. The van der Waals surface area contributed by atoms with Crippen molar-refractivity contribution in [3.63, 3.8) is 0 Å². The fourth-order valence-electron chi connectivity index (χ4n) is 10.4. The minimum absolute atomic E-state index is 0.0476. The highest BCUT2D eigenvalue weighted by molar-refractivity contribution is 6.16. The van der Waals surface area contributed by atoms with E-state index in [9.17, 15) is 0 Å². The lowest BCUT2D eigenvalue weighted by molar-refractivity contribution is 0.103. The maximum absolute atomic E-state index is 15.4. The Hall–Kier alpha value is -8.13. The van der Waals surface area contributed by atoms with E-state index in [-0.39, 0.29) is 5.78 Å². The number of ketones is 1. The third-order valence-electron chi connectivity index (χ3n) is 13.2. The van der Waals surface area contributed by atoms with E-state index < -0.39 is 5.41 Å². The van der Waals surface area contributed by atoms with Crippen LogP contribution < -0.4 is 0 Å². The van der Waals surface area contributed by atoms with E-state index in [1.54, 1.807) is 0 Å². The Morgan fingerprint density at radius 1 is 0.206 bits per heavy atom. The summed E-state index contributed by atoms with van der Waals surface area (Å²) in [5, 5.41) is 0. The molecule has 63 heavy (non-hydrogen) atoms. The van der Waals surface area contributed by atoms with Gasteiger partial charge in [-0.1, -0.05) is 194 Å². The van der Waals surface area contributed by atoms with E-state index >= 15 is 4.79 Å². The Kier molecular flexibility index (Phi) is 8.62. The molecule has 0 saturated heterocycles. The molecule has 1 nitrogen and oxygen atoms in total. The minimum Gasteiger partial charge on any atom is -0.289 e. The average molecular weight is 801 g/mol. The molecule has 12 rings (SSSR count). The van der Waals surface area contributed by atoms with Gasteiger partial charge in [-0.15, -0.1) is 0 Å². The second kappa shape index (κ2) is 14.8. The van der Waals surface area contributed by atoms with Gasteiger partial charge in [0.05, 0.1) is 5.41 Å². The molecule has 0 radical (unpaired) electrons. The molecule has 1 heteroatoms. The molecular formula is C62H40O. The van der Waals surface area contributed by atoms with E-state index in [0.717, 1.165) is 89.0 Å². The van der Waals surface area contributed by atoms with Gasteiger partial charge in [0.25, 0.3) is 0 Å². The molecule has 10 aromatic carbocycles. The zero-order valence-corrected chi connectivity index (χ0v) is 34.5. The molecule has 0 aromatic heterocycles. The number of carbonyl (C=O) groups excluding carboxylic acids is 1. The van der Waals surface area contributed by atoms with Crippen molar-refractivity contribution in [2.24, 2.45) is 0 Å². The highest BCUT2D eigenvalue weighted by Crippen LogP contribution is 2.60. The molecule has 294 valence electrons. The van der Waals surface area contributed by atoms with Crippen LogP contribution in [0.3, 0.4) is 0 Å². The molecule has 0 heterocycles. The Labute approximate surface area is 368 Å². The molecule has 0 amide bonds. The highest BCUT2D eigenvalue weighted by atomic mass is 16.1. The summed E-state index contributed by atoms with van der Waals surface area (Å²) in [6, 6.07) is 86.8. The molecule has 2 aliphatic carbocycles. The van der Waals surface area contributed by atoms with E-state index in [4.69, 9.17) is 0 Å². The van der Waals surface area contributed by atoms with Crippen molar-refractivity contribution in [2.45, 2.75) is 5.41 Å². The molecule has 0 saturated carbocycles. The fourth-order valence-corrected chi connectivity index (χ4v) is 10.4. The van der Waals surface area contributed by atoms with Crippen LogP contribution in [0, 0.1) is 0 Å². The number of fused-ring (bicyclic) bond motifs is 9. The van der Waals surface area contributed by atoms with Gasteiger partial charge < -0.3 is 0 Å². The second-order valence-electron chi connectivity index (χ2n) is 16.8. The first-order valence-corrected chi connectivity index (χ1v) is 21.7. The Morgan fingerprint density at radius 2 is 0.540 bits per heavy atom. The lowest BCUT2D eigenvalue weighted by atomic mass is 9.60. The topological polar surface area (TPSA) is 17.1 Å². The Bertz CT molecular complexity index is 3220. The molecule has 0 bridgehead atoms. The van der Waals surface area contributed by atoms with Gasteiger partial charge in [0.1, 0.15) is 0 Å². The van der Waals surface area contributed by atoms with Gasteiger partial charge in [0.2, 0.25) is 0 Å². The number of carbonyl (C=O) groups is 1. The molecule has 1 spiro atoms. The van der Waals surface area contributed by atoms with Crippen LogP contribution in [0.4, 0.5) is 0 Å². The third kappa shape index (κ3) is 5.97. The standard InChI is InChI=1S/C62H40O/c63-61-55-31-29-46(52-37-49(43-21-9-3-10-22-43)34-50(38-52)44-23-11-4-12-24-44)40-60(55)62(57-27-15-13-25-53(57)54-26-14-16-28-58(54)62)59-32-30-45(39-56(59)61)51-35-47(41-17-5-1-6-18-41)33-48(36-51)42-19-7-2-8-20-42/h1-40H. The summed E-state index contributed by atoms with van der Waals surface area (Å²) in [6.45, 7) is 0. The smallest absolute Gasteiger partial charge is 0.193 e. The molecule has 0 N–H and O–H groups in total. The quantitative estimate of drug-likeness (QED) is 0.164. The average Bonchev–Trinajstić information content (AvgIpc) is 3.66. The van der Waals surface area contributed by atoms with Crippen molar-refractivity contribution in [1.29, 1.82) is 0 Å². The first-order chi connectivity index (χ1) is 31.1. The first kappa shape index (κ1) is 36.7. The lowest BCUT2D eigenvalue weighted by Gasteiger charge is -2.40. The summed E-state index contributed by atoms with van der Waals surface area (Å²) in [5.41, 5.74) is 21.1. The maximum atomic E-state index is 15.4. The number of hydrogen-bond donors (Lipinski definition) is 0. The van der Waals surface area contributed by atoms with Crippen molar-refractivity contribution in [1.82, 2.24) is 0 Å². The van der Waals surface area contributed by atoms with E-state index in [2.05, 4.69) is 243 Å². The fraction of sp³-hybridized carbons (Fsp3) is 0.0161. The summed E-state index contributed by atoms with van der Waals surface area (Å²) < 4.78 is 0. The Morgan fingerprint density at radius 3 is 0.968 bits per heavy atom. The van der Waals surface area contributed by atoms with E-state index in [1.165, 1.54) is 22.3 Å². The van der Waals surface area contributed by atoms with Crippen molar-refractivity contribution in [3.05, 3.63) is 276 Å². The normalized spacial score (nSPS) is 12.9. The summed E-state index contributed by atoms with van der Waals surface area (Å²) in [5.74, 6) is 0.0476. The van der Waals surface area contributed by atoms with Crippen LogP contribution in [0.25, 0.3) is 77.9 Å². The Balaban J connectivity index is 1.09. The van der Waals surface area contributed by atoms with Crippen LogP contribution in [-0.2, 0) is 5.41 Å². The lowest BCUT2D eigenvalue weighted by Crippen LogP contribution is -2.36.